The van der Waals surface area contributed by atoms with Crippen LogP contribution in [0.4, 0.5) is 5.82 Å². The molecule has 0 fully saturated rings. The number of rotatable bonds is 1. The van der Waals surface area contributed by atoms with Gasteiger partial charge in [-0.3, -0.25) is 9.36 Å². The standard InChI is InChI=1S/C15H16N6O/c1-10-18-12-4-7-20(9-11(12)15(22)19(10)2)14-13-3-5-17-21(13)8-6-16-14/h3,5-6,8H,4,7,9H2,1-2H3. The van der Waals surface area contributed by atoms with E-state index in [1.54, 1.807) is 28.5 Å². The average Bonchev–Trinajstić information content (AvgIpc) is 3.01. The lowest BCUT2D eigenvalue weighted by Crippen LogP contribution is -2.38. The van der Waals surface area contributed by atoms with Crippen molar-refractivity contribution in [1.29, 1.82) is 0 Å². The normalized spacial score (nSPS) is 14.4. The molecule has 3 aromatic rings. The van der Waals surface area contributed by atoms with Crippen molar-refractivity contribution in [2.45, 2.75) is 19.9 Å². The number of hydrogen-bond acceptors (Lipinski definition) is 5. The first kappa shape index (κ1) is 13.0. The van der Waals surface area contributed by atoms with E-state index in [1.165, 1.54) is 0 Å². The molecule has 3 aromatic heterocycles. The van der Waals surface area contributed by atoms with Gasteiger partial charge in [0.05, 0.1) is 24.0 Å². The summed E-state index contributed by atoms with van der Waals surface area (Å²) in [7, 11) is 1.76. The SMILES string of the molecule is Cc1nc2c(c(=O)n1C)CN(c1nccn3nccc13)CC2. The van der Waals surface area contributed by atoms with E-state index < -0.39 is 0 Å². The maximum absolute atomic E-state index is 12.5. The zero-order chi connectivity index (χ0) is 15.3. The zero-order valence-corrected chi connectivity index (χ0v) is 12.5. The molecule has 0 saturated heterocycles. The van der Waals surface area contributed by atoms with E-state index in [-0.39, 0.29) is 5.56 Å². The number of aromatic nitrogens is 5. The van der Waals surface area contributed by atoms with Crippen LogP contribution in [-0.4, -0.2) is 30.7 Å². The van der Waals surface area contributed by atoms with Gasteiger partial charge in [-0.2, -0.15) is 5.10 Å². The molecule has 0 radical (unpaired) electrons. The van der Waals surface area contributed by atoms with Crippen molar-refractivity contribution < 1.29 is 0 Å². The fourth-order valence-electron chi connectivity index (χ4n) is 2.95. The second-order valence-electron chi connectivity index (χ2n) is 5.53. The van der Waals surface area contributed by atoms with Crippen LogP contribution in [0.25, 0.3) is 5.52 Å². The van der Waals surface area contributed by atoms with Crippen molar-refractivity contribution in [3.05, 3.63) is 52.1 Å². The molecular weight excluding hydrogens is 280 g/mol. The number of hydrogen-bond donors (Lipinski definition) is 0. The van der Waals surface area contributed by atoms with Gasteiger partial charge < -0.3 is 4.90 Å². The first-order valence-corrected chi connectivity index (χ1v) is 7.24. The third-order valence-electron chi connectivity index (χ3n) is 4.26. The quantitative estimate of drug-likeness (QED) is 0.661. The van der Waals surface area contributed by atoms with Gasteiger partial charge >= 0.3 is 0 Å². The van der Waals surface area contributed by atoms with Gasteiger partial charge in [0, 0.05) is 32.4 Å². The summed E-state index contributed by atoms with van der Waals surface area (Å²) in [5.74, 6) is 1.61. The molecule has 1 aliphatic rings. The molecule has 0 aromatic carbocycles. The maximum Gasteiger partial charge on any atom is 0.258 e. The number of aryl methyl sites for hydroxylation is 1. The van der Waals surface area contributed by atoms with Gasteiger partial charge in [-0.25, -0.2) is 14.5 Å². The van der Waals surface area contributed by atoms with E-state index in [4.69, 9.17) is 0 Å². The molecule has 0 spiro atoms. The van der Waals surface area contributed by atoms with Crippen LogP contribution < -0.4 is 10.5 Å². The summed E-state index contributed by atoms with van der Waals surface area (Å²) < 4.78 is 3.40. The van der Waals surface area contributed by atoms with E-state index in [0.29, 0.717) is 6.54 Å². The number of anilines is 1. The third kappa shape index (κ3) is 1.82. The fourth-order valence-corrected chi connectivity index (χ4v) is 2.95. The maximum atomic E-state index is 12.5. The Morgan fingerprint density at radius 3 is 3.00 bits per heavy atom. The molecule has 0 N–H and O–H groups in total. The Bertz CT molecular complexity index is 925. The van der Waals surface area contributed by atoms with Gasteiger partial charge in [0.1, 0.15) is 11.3 Å². The summed E-state index contributed by atoms with van der Waals surface area (Å²) in [5, 5.41) is 4.23. The highest BCUT2D eigenvalue weighted by atomic mass is 16.1. The van der Waals surface area contributed by atoms with Crippen molar-refractivity contribution in [2.75, 3.05) is 11.4 Å². The molecular formula is C15H16N6O. The Hall–Kier alpha value is -2.70. The van der Waals surface area contributed by atoms with Crippen LogP contribution in [0, 0.1) is 6.92 Å². The summed E-state index contributed by atoms with van der Waals surface area (Å²) in [6, 6.07) is 1.93. The Balaban J connectivity index is 1.81. The summed E-state index contributed by atoms with van der Waals surface area (Å²) in [4.78, 5) is 23.6. The van der Waals surface area contributed by atoms with Gasteiger partial charge in [-0.1, -0.05) is 0 Å². The van der Waals surface area contributed by atoms with Gasteiger partial charge in [0.15, 0.2) is 5.82 Å². The Morgan fingerprint density at radius 2 is 2.14 bits per heavy atom. The first-order chi connectivity index (χ1) is 10.6. The molecule has 1 aliphatic heterocycles. The minimum atomic E-state index is 0.0349. The molecule has 4 heterocycles. The van der Waals surface area contributed by atoms with E-state index in [0.717, 1.165) is 41.4 Å². The van der Waals surface area contributed by atoms with Crippen LogP contribution in [0.1, 0.15) is 17.1 Å². The fraction of sp³-hybridized carbons (Fsp3) is 0.333. The Kier molecular flexibility index (Phi) is 2.75. The lowest BCUT2D eigenvalue weighted by atomic mass is 10.1. The molecule has 7 heteroatoms. The highest BCUT2D eigenvalue weighted by molar-refractivity contribution is 5.68. The van der Waals surface area contributed by atoms with Gasteiger partial charge in [0.2, 0.25) is 0 Å². The van der Waals surface area contributed by atoms with Crippen molar-refractivity contribution in [1.82, 2.24) is 24.1 Å². The van der Waals surface area contributed by atoms with Gasteiger partial charge in [0.25, 0.3) is 5.56 Å². The molecule has 112 valence electrons. The van der Waals surface area contributed by atoms with Gasteiger partial charge in [-0.15, -0.1) is 0 Å². The Morgan fingerprint density at radius 1 is 1.27 bits per heavy atom. The van der Waals surface area contributed by atoms with E-state index in [1.807, 2.05) is 19.2 Å². The zero-order valence-electron chi connectivity index (χ0n) is 12.5. The lowest BCUT2D eigenvalue weighted by Gasteiger charge is -2.29. The topological polar surface area (TPSA) is 68.3 Å². The summed E-state index contributed by atoms with van der Waals surface area (Å²) in [6.07, 6.45) is 6.06. The van der Waals surface area contributed by atoms with Crippen LogP contribution in [0.2, 0.25) is 0 Å². The number of nitrogens with zero attached hydrogens (tertiary/aromatic N) is 6. The van der Waals surface area contributed by atoms with Crippen LogP contribution in [-0.2, 0) is 20.0 Å². The third-order valence-corrected chi connectivity index (χ3v) is 4.26. The lowest BCUT2D eigenvalue weighted by molar-refractivity contribution is 0.650. The van der Waals surface area contributed by atoms with Crippen LogP contribution in [0.3, 0.4) is 0 Å². The van der Waals surface area contributed by atoms with Crippen LogP contribution >= 0.6 is 0 Å². The molecule has 4 rings (SSSR count). The van der Waals surface area contributed by atoms with Crippen molar-refractivity contribution in [3.8, 4) is 0 Å². The van der Waals surface area contributed by atoms with E-state index in [9.17, 15) is 4.79 Å². The molecule has 0 saturated carbocycles. The highest BCUT2D eigenvalue weighted by Gasteiger charge is 2.24. The van der Waals surface area contributed by atoms with Crippen LogP contribution in [0.15, 0.2) is 29.5 Å². The van der Waals surface area contributed by atoms with Gasteiger partial charge in [-0.05, 0) is 13.0 Å². The Labute approximate surface area is 126 Å². The van der Waals surface area contributed by atoms with Crippen molar-refractivity contribution in [3.63, 3.8) is 0 Å². The second-order valence-corrected chi connectivity index (χ2v) is 5.53. The second kappa shape index (κ2) is 4.66. The monoisotopic (exact) mass is 296 g/mol. The predicted molar refractivity (Wildman–Crippen MR) is 82.0 cm³/mol. The van der Waals surface area contributed by atoms with Crippen LogP contribution in [0.5, 0.6) is 0 Å². The molecule has 7 nitrogen and oxygen atoms in total. The van der Waals surface area contributed by atoms with Crippen molar-refractivity contribution >= 4 is 11.3 Å². The minimum absolute atomic E-state index is 0.0349. The predicted octanol–water partition coefficient (Wildman–Crippen LogP) is 0.694. The molecule has 0 amide bonds. The molecule has 0 bridgehead atoms. The van der Waals surface area contributed by atoms with E-state index in [2.05, 4.69) is 20.0 Å². The summed E-state index contributed by atoms with van der Waals surface area (Å²) in [6.45, 7) is 3.19. The summed E-state index contributed by atoms with van der Waals surface area (Å²) >= 11 is 0. The molecule has 22 heavy (non-hydrogen) atoms. The number of fused-ring (bicyclic) bond motifs is 2. The molecule has 0 atom stereocenters. The van der Waals surface area contributed by atoms with Crippen molar-refractivity contribution in [2.24, 2.45) is 7.05 Å². The highest BCUT2D eigenvalue weighted by Crippen LogP contribution is 2.23. The largest absolute Gasteiger partial charge is 0.350 e. The summed E-state index contributed by atoms with van der Waals surface area (Å²) in [5.41, 5.74) is 2.66. The smallest absolute Gasteiger partial charge is 0.258 e. The first-order valence-electron chi connectivity index (χ1n) is 7.24. The molecule has 0 aliphatic carbocycles. The average molecular weight is 296 g/mol. The minimum Gasteiger partial charge on any atom is -0.350 e. The van der Waals surface area contributed by atoms with E-state index >= 15 is 0 Å². The molecule has 0 unspecified atom stereocenters.